The van der Waals surface area contributed by atoms with Crippen LogP contribution in [-0.2, 0) is 13.0 Å². The molecule has 0 atom stereocenters. The van der Waals surface area contributed by atoms with Crippen LogP contribution < -0.4 is 0 Å². The average molecular weight is 357 g/mol. The van der Waals surface area contributed by atoms with E-state index in [9.17, 15) is 4.79 Å². The summed E-state index contributed by atoms with van der Waals surface area (Å²) in [6.07, 6.45) is 2.17. The Hall–Kier alpha value is -2.84. The summed E-state index contributed by atoms with van der Waals surface area (Å²) in [6.45, 7) is 8.46. The second kappa shape index (κ2) is 7.19. The van der Waals surface area contributed by atoms with Crippen molar-refractivity contribution in [1.29, 1.82) is 0 Å². The summed E-state index contributed by atoms with van der Waals surface area (Å²) < 4.78 is 6.89. The van der Waals surface area contributed by atoms with Gasteiger partial charge in [0.2, 0.25) is 5.89 Å². The molecule has 0 aliphatic carbocycles. The number of carbonyl (C=O) groups excluding carboxylic acids is 1. The Balaban J connectivity index is 1.80. The van der Waals surface area contributed by atoms with Gasteiger partial charge in [0, 0.05) is 13.5 Å². The van der Waals surface area contributed by atoms with Crippen LogP contribution in [0.4, 0.5) is 0 Å². The van der Waals surface area contributed by atoms with E-state index in [1.165, 1.54) is 11.2 Å². The molecule has 0 unspecified atom stereocenters. The molecule has 0 radical (unpaired) electrons. The number of fused-ring (bicyclic) bond motifs is 1. The number of hydrogen-bond acceptors (Lipinski definition) is 7. The van der Waals surface area contributed by atoms with Crippen LogP contribution >= 0.6 is 0 Å². The first-order valence-corrected chi connectivity index (χ1v) is 8.62. The lowest BCUT2D eigenvalue weighted by Gasteiger charge is -2.15. The van der Waals surface area contributed by atoms with Crippen LogP contribution in [0, 0.1) is 5.92 Å². The summed E-state index contributed by atoms with van der Waals surface area (Å²) in [7, 11) is 1.68. The Bertz CT molecular complexity index is 913. The molecule has 26 heavy (non-hydrogen) atoms. The monoisotopic (exact) mass is 357 g/mol. The van der Waals surface area contributed by atoms with Crippen molar-refractivity contribution in [3.8, 4) is 0 Å². The smallest absolute Gasteiger partial charge is 0.272 e. The zero-order valence-electron chi connectivity index (χ0n) is 15.7. The van der Waals surface area contributed by atoms with Crippen LogP contribution in [0.2, 0.25) is 0 Å². The van der Waals surface area contributed by atoms with Crippen LogP contribution in [0.3, 0.4) is 0 Å². The van der Waals surface area contributed by atoms with Crippen LogP contribution in [0.25, 0.3) is 5.78 Å². The van der Waals surface area contributed by atoms with E-state index >= 15 is 0 Å². The van der Waals surface area contributed by atoms with Crippen molar-refractivity contribution in [2.24, 2.45) is 5.92 Å². The fraction of sp³-hybridized carbons (Fsp3) is 0.529. The first-order valence-electron chi connectivity index (χ1n) is 8.62. The molecule has 3 aromatic rings. The topological polar surface area (TPSA) is 102 Å². The molecule has 9 nitrogen and oxygen atoms in total. The minimum absolute atomic E-state index is 0.175. The van der Waals surface area contributed by atoms with Gasteiger partial charge in [-0.15, -0.1) is 0 Å². The van der Waals surface area contributed by atoms with Gasteiger partial charge in [-0.3, -0.25) is 4.79 Å². The first kappa shape index (κ1) is 18.0. The van der Waals surface area contributed by atoms with Gasteiger partial charge in [0.25, 0.3) is 11.7 Å². The Morgan fingerprint density at radius 1 is 1.27 bits per heavy atom. The van der Waals surface area contributed by atoms with E-state index in [0.29, 0.717) is 29.1 Å². The molecule has 3 aromatic heterocycles. The van der Waals surface area contributed by atoms with Gasteiger partial charge in [-0.25, -0.2) is 9.50 Å². The van der Waals surface area contributed by atoms with E-state index in [1.807, 2.05) is 13.8 Å². The van der Waals surface area contributed by atoms with Crippen LogP contribution in [0.5, 0.6) is 0 Å². The van der Waals surface area contributed by atoms with E-state index in [0.717, 1.165) is 12.1 Å². The second-order valence-electron chi connectivity index (χ2n) is 7.06. The van der Waals surface area contributed by atoms with E-state index in [4.69, 9.17) is 4.52 Å². The minimum atomic E-state index is -0.235. The standard InChI is InChI=1S/C17H23N7O2/c1-10(2)6-14-21-15(26-22-14)8-23(5)16(25)12-7-13(11(3)4)24-17(20-12)18-9-19-24/h7,9-11H,6,8H2,1-5H3. The second-order valence-corrected chi connectivity index (χ2v) is 7.06. The van der Waals surface area contributed by atoms with Crippen molar-refractivity contribution >= 4 is 11.7 Å². The fourth-order valence-electron chi connectivity index (χ4n) is 2.63. The third kappa shape index (κ3) is 3.71. The molecule has 3 heterocycles. The summed E-state index contributed by atoms with van der Waals surface area (Å²) in [6, 6.07) is 1.75. The maximum absolute atomic E-state index is 12.8. The van der Waals surface area contributed by atoms with Gasteiger partial charge in [0.15, 0.2) is 5.82 Å². The van der Waals surface area contributed by atoms with Gasteiger partial charge in [0.05, 0.1) is 5.69 Å². The summed E-state index contributed by atoms with van der Waals surface area (Å²) >= 11 is 0. The zero-order chi connectivity index (χ0) is 18.8. The van der Waals surface area contributed by atoms with E-state index < -0.39 is 0 Å². The van der Waals surface area contributed by atoms with Gasteiger partial charge < -0.3 is 9.42 Å². The third-order valence-electron chi connectivity index (χ3n) is 3.91. The molecular formula is C17H23N7O2. The molecule has 9 heteroatoms. The van der Waals surface area contributed by atoms with Crippen LogP contribution in [0.15, 0.2) is 16.9 Å². The number of hydrogen-bond donors (Lipinski definition) is 0. The number of amides is 1. The molecule has 1 amide bonds. The predicted molar refractivity (Wildman–Crippen MR) is 93.5 cm³/mol. The van der Waals surface area contributed by atoms with Crippen molar-refractivity contribution < 1.29 is 9.32 Å². The quantitative estimate of drug-likeness (QED) is 0.665. The Labute approximate surface area is 151 Å². The molecule has 0 N–H and O–H groups in total. The maximum Gasteiger partial charge on any atom is 0.272 e. The Kier molecular flexibility index (Phi) is 4.97. The molecule has 0 spiro atoms. The van der Waals surface area contributed by atoms with E-state index in [1.54, 1.807) is 17.6 Å². The Morgan fingerprint density at radius 2 is 2.04 bits per heavy atom. The molecule has 0 aliphatic heterocycles. The molecule has 0 saturated heterocycles. The largest absolute Gasteiger partial charge is 0.337 e. The van der Waals surface area contributed by atoms with Crippen molar-refractivity contribution in [2.45, 2.75) is 46.6 Å². The summed E-state index contributed by atoms with van der Waals surface area (Å²) in [5.74, 6) is 1.85. The summed E-state index contributed by atoms with van der Waals surface area (Å²) in [5, 5.41) is 8.12. The lowest BCUT2D eigenvalue weighted by molar-refractivity contribution is 0.0763. The normalized spacial score (nSPS) is 11.7. The number of nitrogens with zero attached hydrogens (tertiary/aromatic N) is 7. The van der Waals surface area contributed by atoms with E-state index in [2.05, 4.69) is 39.1 Å². The SMILES string of the molecule is CC(C)Cc1noc(CN(C)C(=O)c2cc(C(C)C)n3ncnc3n2)n1. The summed E-state index contributed by atoms with van der Waals surface area (Å²) in [5.41, 5.74) is 1.19. The van der Waals surface area contributed by atoms with Gasteiger partial charge >= 0.3 is 0 Å². The van der Waals surface area contributed by atoms with Crippen molar-refractivity contribution in [2.75, 3.05) is 7.05 Å². The van der Waals surface area contributed by atoms with Crippen LogP contribution in [0.1, 0.15) is 61.5 Å². The molecular weight excluding hydrogens is 334 g/mol. The number of carbonyl (C=O) groups is 1. The predicted octanol–water partition coefficient (Wildman–Crippen LogP) is 2.10. The molecule has 0 saturated carbocycles. The molecule has 0 bridgehead atoms. The van der Waals surface area contributed by atoms with Crippen molar-refractivity contribution in [1.82, 2.24) is 34.6 Å². The third-order valence-corrected chi connectivity index (χ3v) is 3.91. The highest BCUT2D eigenvalue weighted by molar-refractivity contribution is 5.92. The average Bonchev–Trinajstić information content (AvgIpc) is 3.21. The van der Waals surface area contributed by atoms with Crippen molar-refractivity contribution in [3.05, 3.63) is 35.5 Å². The molecule has 138 valence electrons. The molecule has 0 aliphatic rings. The van der Waals surface area contributed by atoms with Gasteiger partial charge in [0.1, 0.15) is 18.6 Å². The first-order chi connectivity index (χ1) is 12.3. The highest BCUT2D eigenvalue weighted by atomic mass is 16.5. The molecule has 3 rings (SSSR count). The van der Waals surface area contributed by atoms with Crippen molar-refractivity contribution in [3.63, 3.8) is 0 Å². The molecule has 0 fully saturated rings. The molecule has 0 aromatic carbocycles. The van der Waals surface area contributed by atoms with Gasteiger partial charge in [-0.05, 0) is 17.9 Å². The van der Waals surface area contributed by atoms with Crippen LogP contribution in [-0.4, -0.2) is 47.6 Å². The lowest BCUT2D eigenvalue weighted by Crippen LogP contribution is -2.28. The lowest BCUT2D eigenvalue weighted by atomic mass is 10.1. The maximum atomic E-state index is 12.8. The highest BCUT2D eigenvalue weighted by Crippen LogP contribution is 2.17. The minimum Gasteiger partial charge on any atom is -0.337 e. The highest BCUT2D eigenvalue weighted by Gasteiger charge is 2.20. The van der Waals surface area contributed by atoms with Gasteiger partial charge in [-0.1, -0.05) is 32.9 Å². The fourth-order valence-corrected chi connectivity index (χ4v) is 2.63. The van der Waals surface area contributed by atoms with Gasteiger partial charge in [-0.2, -0.15) is 15.1 Å². The zero-order valence-corrected chi connectivity index (χ0v) is 15.7. The van der Waals surface area contributed by atoms with E-state index in [-0.39, 0.29) is 18.4 Å². The summed E-state index contributed by atoms with van der Waals surface area (Å²) in [4.78, 5) is 27.1. The number of rotatable bonds is 6. The number of aromatic nitrogens is 6. The Morgan fingerprint density at radius 3 is 2.73 bits per heavy atom.